The van der Waals surface area contributed by atoms with Gasteiger partial charge in [-0.15, -0.1) is 0 Å². The van der Waals surface area contributed by atoms with Crippen LogP contribution in [0.3, 0.4) is 0 Å². The first kappa shape index (κ1) is 23.2. The molecule has 12 heteroatoms. The Morgan fingerprint density at radius 3 is 2.70 bits per heavy atom. The Bertz CT molecular complexity index is 918. The van der Waals surface area contributed by atoms with Gasteiger partial charge >= 0.3 is 17.6 Å². The number of carbonyl (C=O) groups is 2. The van der Waals surface area contributed by atoms with Gasteiger partial charge in [0.15, 0.2) is 0 Å². The number of carboxylic acids is 1. The highest BCUT2D eigenvalue weighted by atomic mass is 16.6. The van der Waals surface area contributed by atoms with Gasteiger partial charge in [-0.25, -0.2) is 4.79 Å². The molecule has 1 aliphatic rings. The van der Waals surface area contributed by atoms with E-state index in [2.05, 4.69) is 15.0 Å². The number of rotatable bonds is 11. The number of azide groups is 1. The molecule has 0 aromatic carbocycles. The number of ether oxygens (including phenoxy) is 2. The average molecular weight is 423 g/mol. The van der Waals surface area contributed by atoms with Crippen LogP contribution in [0.5, 0.6) is 0 Å². The molecule has 0 bridgehead atoms. The van der Waals surface area contributed by atoms with Gasteiger partial charge in [0.25, 0.3) is 5.56 Å². The van der Waals surface area contributed by atoms with Crippen LogP contribution in [-0.2, 0) is 19.1 Å². The number of hydrogen-bond donors (Lipinski definition) is 2. The van der Waals surface area contributed by atoms with Crippen molar-refractivity contribution < 1.29 is 24.2 Å². The second kappa shape index (κ2) is 11.2. The van der Waals surface area contributed by atoms with Gasteiger partial charge in [0.2, 0.25) is 0 Å². The number of carbonyl (C=O) groups excluding carboxylic acids is 1. The molecular weight excluding hydrogens is 398 g/mol. The number of nitrogens with zero attached hydrogens (tertiary/aromatic N) is 4. The first-order chi connectivity index (χ1) is 14.3. The molecule has 0 radical (unpaired) electrons. The lowest BCUT2D eigenvalue weighted by molar-refractivity contribution is -0.148. The van der Waals surface area contributed by atoms with Gasteiger partial charge in [-0.3, -0.25) is 23.9 Å². The van der Waals surface area contributed by atoms with Crippen molar-refractivity contribution in [2.75, 3.05) is 6.61 Å². The van der Waals surface area contributed by atoms with Crippen molar-refractivity contribution in [3.63, 3.8) is 0 Å². The zero-order chi connectivity index (χ0) is 22.1. The highest BCUT2D eigenvalue weighted by Crippen LogP contribution is 2.30. The monoisotopic (exact) mass is 423 g/mol. The van der Waals surface area contributed by atoms with Crippen LogP contribution in [0.4, 0.5) is 0 Å². The van der Waals surface area contributed by atoms with E-state index in [1.165, 1.54) is 10.8 Å². The molecule has 0 saturated carbocycles. The quantitative estimate of drug-likeness (QED) is 0.179. The smallest absolute Gasteiger partial charge is 0.330 e. The summed E-state index contributed by atoms with van der Waals surface area (Å²) in [7, 11) is 0. The zero-order valence-electron chi connectivity index (χ0n) is 16.7. The van der Waals surface area contributed by atoms with Gasteiger partial charge in [-0.1, -0.05) is 18.0 Å². The van der Waals surface area contributed by atoms with Crippen molar-refractivity contribution in [1.29, 1.82) is 0 Å². The highest BCUT2D eigenvalue weighted by Gasteiger charge is 2.37. The summed E-state index contributed by atoms with van der Waals surface area (Å²) in [5.74, 6) is -1.27. The summed E-state index contributed by atoms with van der Waals surface area (Å²) in [4.78, 5) is 50.9. The molecule has 164 valence electrons. The molecular formula is C18H25N5O7. The van der Waals surface area contributed by atoms with Gasteiger partial charge in [0.05, 0.1) is 6.04 Å². The molecule has 0 unspecified atom stereocenters. The predicted octanol–water partition coefficient (Wildman–Crippen LogP) is 1.78. The summed E-state index contributed by atoms with van der Waals surface area (Å²) in [5, 5.41) is 12.2. The van der Waals surface area contributed by atoms with E-state index in [1.54, 1.807) is 6.92 Å². The maximum Gasteiger partial charge on any atom is 0.330 e. The summed E-state index contributed by atoms with van der Waals surface area (Å²) in [5.41, 5.74) is 7.97. The Kier molecular flexibility index (Phi) is 8.63. The van der Waals surface area contributed by atoms with Crippen molar-refractivity contribution >= 4 is 11.9 Å². The van der Waals surface area contributed by atoms with E-state index in [4.69, 9.17) is 20.1 Å². The van der Waals surface area contributed by atoms with Crippen molar-refractivity contribution in [1.82, 2.24) is 9.55 Å². The fourth-order valence-corrected chi connectivity index (χ4v) is 3.17. The van der Waals surface area contributed by atoms with Crippen LogP contribution in [0.15, 0.2) is 20.9 Å². The molecule has 0 amide bonds. The van der Waals surface area contributed by atoms with E-state index in [1.807, 2.05) is 0 Å². The van der Waals surface area contributed by atoms with Crippen molar-refractivity contribution in [2.24, 2.45) is 5.11 Å². The van der Waals surface area contributed by atoms with E-state index < -0.39 is 41.6 Å². The summed E-state index contributed by atoms with van der Waals surface area (Å²) in [6, 6.07) is -0.636. The van der Waals surface area contributed by atoms with Crippen molar-refractivity contribution in [3.8, 4) is 0 Å². The van der Waals surface area contributed by atoms with E-state index >= 15 is 0 Å². The molecule has 2 N–H and O–H groups in total. The summed E-state index contributed by atoms with van der Waals surface area (Å²) in [6.07, 6.45) is 2.99. The maximum absolute atomic E-state index is 12.1. The molecule has 2 heterocycles. The number of aliphatic carboxylic acids is 1. The zero-order valence-corrected chi connectivity index (χ0v) is 16.7. The lowest BCUT2D eigenvalue weighted by Crippen LogP contribution is -2.33. The summed E-state index contributed by atoms with van der Waals surface area (Å²) < 4.78 is 12.2. The third-order valence-electron chi connectivity index (χ3n) is 4.79. The first-order valence-corrected chi connectivity index (χ1v) is 9.71. The Morgan fingerprint density at radius 2 is 2.03 bits per heavy atom. The van der Waals surface area contributed by atoms with Gasteiger partial charge in [-0.05, 0) is 25.3 Å². The van der Waals surface area contributed by atoms with E-state index in [9.17, 15) is 19.2 Å². The third-order valence-corrected chi connectivity index (χ3v) is 4.79. The van der Waals surface area contributed by atoms with Crippen LogP contribution in [0.2, 0.25) is 0 Å². The minimum atomic E-state index is -0.835. The molecule has 30 heavy (non-hydrogen) atoms. The van der Waals surface area contributed by atoms with Gasteiger partial charge in [-0.2, -0.15) is 0 Å². The summed E-state index contributed by atoms with van der Waals surface area (Å²) >= 11 is 0. The maximum atomic E-state index is 12.1. The number of hydrogen-bond acceptors (Lipinski definition) is 7. The molecule has 0 aliphatic carbocycles. The number of nitrogens with one attached hydrogen (secondary N) is 1. The molecule has 0 spiro atoms. The van der Waals surface area contributed by atoms with Gasteiger partial charge in [0, 0.05) is 35.9 Å². The summed E-state index contributed by atoms with van der Waals surface area (Å²) in [6.45, 7) is 1.42. The fraction of sp³-hybridized carbons (Fsp3) is 0.667. The fourth-order valence-electron chi connectivity index (χ4n) is 3.17. The SMILES string of the molecule is Cc1cn([C@H]2C[C@H](N=[N+]=[N-])[C@@H](COC(=O)CCCCCCC(=O)O)O2)c(=O)[nH]c1=O. The molecule has 2 rings (SSSR count). The average Bonchev–Trinajstić information content (AvgIpc) is 3.08. The molecule has 1 aromatic heterocycles. The largest absolute Gasteiger partial charge is 0.481 e. The van der Waals surface area contributed by atoms with Crippen LogP contribution in [-0.4, -0.2) is 45.3 Å². The lowest BCUT2D eigenvalue weighted by atomic mass is 10.1. The van der Waals surface area contributed by atoms with Crippen LogP contribution < -0.4 is 11.2 Å². The molecule has 1 aliphatic heterocycles. The topological polar surface area (TPSA) is 176 Å². The Labute approximate surface area is 171 Å². The molecule has 1 aromatic rings. The normalized spacial score (nSPS) is 20.5. The number of H-pyrrole nitrogens is 1. The Balaban J connectivity index is 1.86. The van der Waals surface area contributed by atoms with Crippen molar-refractivity contribution in [2.45, 2.75) is 70.2 Å². The van der Waals surface area contributed by atoms with E-state index in [0.29, 0.717) is 18.4 Å². The van der Waals surface area contributed by atoms with Crippen LogP contribution in [0.1, 0.15) is 56.7 Å². The Hall–Kier alpha value is -3.11. The number of carboxylic acid groups (broad SMARTS) is 1. The minimum Gasteiger partial charge on any atom is -0.481 e. The van der Waals surface area contributed by atoms with Gasteiger partial charge < -0.3 is 14.6 Å². The number of unbranched alkanes of at least 4 members (excludes halogenated alkanes) is 3. The van der Waals surface area contributed by atoms with E-state index in [0.717, 1.165) is 12.8 Å². The molecule has 12 nitrogen and oxygen atoms in total. The lowest BCUT2D eigenvalue weighted by Gasteiger charge is -2.16. The van der Waals surface area contributed by atoms with E-state index in [-0.39, 0.29) is 25.9 Å². The molecule has 3 atom stereocenters. The van der Waals surface area contributed by atoms with Crippen molar-refractivity contribution in [3.05, 3.63) is 43.0 Å². The minimum absolute atomic E-state index is 0.114. The van der Waals surface area contributed by atoms with Crippen LogP contribution in [0, 0.1) is 6.92 Å². The number of aromatic nitrogens is 2. The first-order valence-electron chi connectivity index (χ1n) is 9.71. The highest BCUT2D eigenvalue weighted by molar-refractivity contribution is 5.69. The van der Waals surface area contributed by atoms with Gasteiger partial charge in [0.1, 0.15) is 18.9 Å². The molecule has 1 saturated heterocycles. The standard InChI is InChI=1S/C18H25N5O7/c1-11-9-23(18(28)20-17(11)27)14-8-12(21-22-19)13(30-14)10-29-16(26)7-5-3-2-4-6-15(24)25/h9,12-14H,2-8,10H2,1H3,(H,24,25)(H,20,27,28)/t12-,13+,14+/m0/s1. The number of aromatic amines is 1. The molecule has 1 fully saturated rings. The second-order valence-corrected chi connectivity index (χ2v) is 7.11. The Morgan fingerprint density at radius 1 is 1.33 bits per heavy atom. The third kappa shape index (κ3) is 6.75. The number of esters is 1. The number of aryl methyl sites for hydroxylation is 1. The van der Waals surface area contributed by atoms with Crippen LogP contribution in [0.25, 0.3) is 10.4 Å². The van der Waals surface area contributed by atoms with Crippen LogP contribution >= 0.6 is 0 Å². The second-order valence-electron chi connectivity index (χ2n) is 7.11. The predicted molar refractivity (Wildman–Crippen MR) is 104 cm³/mol.